The maximum absolute atomic E-state index is 12.1. The van der Waals surface area contributed by atoms with E-state index in [4.69, 9.17) is 11.6 Å². The van der Waals surface area contributed by atoms with Gasteiger partial charge in [0, 0.05) is 23.3 Å². The Kier molecular flexibility index (Phi) is 5.92. The molecule has 3 nitrogen and oxygen atoms in total. The molecule has 6 heteroatoms. The van der Waals surface area contributed by atoms with Gasteiger partial charge in [-0.3, -0.25) is 0 Å². The van der Waals surface area contributed by atoms with Gasteiger partial charge >= 0.3 is 0 Å². The Balaban J connectivity index is 2.78. The monoisotopic (exact) mass is 295 g/mol. The second-order valence-electron chi connectivity index (χ2n) is 4.08. The molecule has 0 radical (unpaired) electrons. The highest BCUT2D eigenvalue weighted by Crippen LogP contribution is 2.18. The minimum absolute atomic E-state index is 0.0302. The van der Waals surface area contributed by atoms with Gasteiger partial charge in [0.15, 0.2) is 0 Å². The summed E-state index contributed by atoms with van der Waals surface area (Å²) < 4.78 is 25.8. The third-order valence-electron chi connectivity index (χ3n) is 2.36. The van der Waals surface area contributed by atoms with Gasteiger partial charge in [-0.2, -0.15) is 4.31 Å². The van der Waals surface area contributed by atoms with Crippen LogP contribution in [0.4, 0.5) is 0 Å². The molecule has 0 aliphatic rings. The summed E-state index contributed by atoms with van der Waals surface area (Å²) in [6, 6.07) is 3.86. The zero-order valence-corrected chi connectivity index (χ0v) is 12.5. The van der Waals surface area contributed by atoms with Crippen LogP contribution in [0.1, 0.15) is 25.1 Å². The highest BCUT2D eigenvalue weighted by molar-refractivity contribution is 7.89. The summed E-state index contributed by atoms with van der Waals surface area (Å²) in [6.07, 6.45) is 0.498. The van der Waals surface area contributed by atoms with Gasteiger partial charge in [0.05, 0.1) is 5.75 Å². The molecule has 0 fully saturated rings. The molecular weight excluding hydrogens is 278 g/mol. The van der Waals surface area contributed by atoms with E-state index in [2.05, 4.69) is 0 Å². The summed E-state index contributed by atoms with van der Waals surface area (Å²) in [6.45, 7) is 4.25. The van der Waals surface area contributed by atoms with E-state index in [1.807, 2.05) is 31.4 Å². The van der Waals surface area contributed by atoms with Crippen LogP contribution in [0.25, 0.3) is 0 Å². The zero-order chi connectivity index (χ0) is 12.9. The largest absolute Gasteiger partial charge is 0.214 e. The fourth-order valence-corrected chi connectivity index (χ4v) is 4.31. The maximum atomic E-state index is 12.1. The van der Waals surface area contributed by atoms with Gasteiger partial charge in [-0.15, -0.1) is 22.9 Å². The second-order valence-corrected chi connectivity index (χ2v) is 7.53. The normalized spacial score (nSPS) is 12.5. The number of thiophene rings is 1. The van der Waals surface area contributed by atoms with Crippen molar-refractivity contribution in [3.8, 4) is 0 Å². The third kappa shape index (κ3) is 4.58. The molecule has 0 aromatic carbocycles. The first kappa shape index (κ1) is 15.0. The van der Waals surface area contributed by atoms with Crippen LogP contribution in [0.2, 0.25) is 0 Å². The molecule has 17 heavy (non-hydrogen) atoms. The molecule has 1 rings (SSSR count). The quantitative estimate of drug-likeness (QED) is 0.725. The predicted molar refractivity (Wildman–Crippen MR) is 74.1 cm³/mol. The Morgan fingerprint density at radius 2 is 2.18 bits per heavy atom. The highest BCUT2D eigenvalue weighted by Gasteiger charge is 2.24. The number of rotatable bonds is 7. The first-order chi connectivity index (χ1) is 7.97. The minimum atomic E-state index is -3.20. The van der Waals surface area contributed by atoms with Crippen LogP contribution in [-0.2, 0) is 16.6 Å². The lowest BCUT2D eigenvalue weighted by Gasteiger charge is -2.25. The van der Waals surface area contributed by atoms with E-state index >= 15 is 0 Å². The SMILES string of the molecule is CC(C)N(Cc1cccs1)S(=O)(=O)CCCCl. The van der Waals surface area contributed by atoms with E-state index in [1.165, 1.54) is 0 Å². The smallest absolute Gasteiger partial charge is 0.212 e. The summed E-state index contributed by atoms with van der Waals surface area (Å²) in [7, 11) is -3.20. The van der Waals surface area contributed by atoms with Crippen molar-refractivity contribution in [3.05, 3.63) is 22.4 Å². The van der Waals surface area contributed by atoms with Crippen molar-refractivity contribution in [2.45, 2.75) is 32.9 Å². The average Bonchev–Trinajstić information content (AvgIpc) is 2.75. The fraction of sp³-hybridized carbons (Fsp3) is 0.636. The predicted octanol–water partition coefficient (Wildman–Crippen LogP) is 2.92. The van der Waals surface area contributed by atoms with Crippen molar-refractivity contribution in [2.75, 3.05) is 11.6 Å². The van der Waals surface area contributed by atoms with Crippen LogP contribution >= 0.6 is 22.9 Å². The highest BCUT2D eigenvalue weighted by atomic mass is 35.5. The number of halogens is 1. The third-order valence-corrected chi connectivity index (χ3v) is 5.56. The molecule has 0 bridgehead atoms. The molecule has 1 aromatic heterocycles. The van der Waals surface area contributed by atoms with Gasteiger partial charge in [0.2, 0.25) is 10.0 Å². The molecule has 0 saturated carbocycles. The van der Waals surface area contributed by atoms with Crippen LogP contribution in [0.15, 0.2) is 17.5 Å². The van der Waals surface area contributed by atoms with Crippen molar-refractivity contribution in [3.63, 3.8) is 0 Å². The average molecular weight is 296 g/mol. The van der Waals surface area contributed by atoms with Crippen molar-refractivity contribution in [1.29, 1.82) is 0 Å². The fourth-order valence-electron chi connectivity index (χ4n) is 1.51. The maximum Gasteiger partial charge on any atom is 0.214 e. The van der Waals surface area contributed by atoms with Crippen LogP contribution in [-0.4, -0.2) is 30.4 Å². The summed E-state index contributed by atoms with van der Waals surface area (Å²) in [5.74, 6) is 0.504. The van der Waals surface area contributed by atoms with Crippen molar-refractivity contribution in [1.82, 2.24) is 4.31 Å². The summed E-state index contributed by atoms with van der Waals surface area (Å²) in [5.41, 5.74) is 0. The molecule has 0 aliphatic heterocycles. The molecule has 0 saturated heterocycles. The molecule has 1 heterocycles. The van der Waals surface area contributed by atoms with Gasteiger partial charge in [0.1, 0.15) is 0 Å². The van der Waals surface area contributed by atoms with E-state index in [0.29, 0.717) is 18.8 Å². The van der Waals surface area contributed by atoms with Crippen molar-refractivity contribution in [2.24, 2.45) is 0 Å². The van der Waals surface area contributed by atoms with Crippen LogP contribution < -0.4 is 0 Å². The Hall–Kier alpha value is -0.100. The molecule has 0 atom stereocenters. The first-order valence-corrected chi connectivity index (χ1v) is 8.57. The first-order valence-electron chi connectivity index (χ1n) is 5.55. The second kappa shape index (κ2) is 6.73. The zero-order valence-electron chi connectivity index (χ0n) is 10.1. The van der Waals surface area contributed by atoms with Crippen molar-refractivity contribution >= 4 is 33.0 Å². The van der Waals surface area contributed by atoms with Crippen LogP contribution in [0.5, 0.6) is 0 Å². The number of sulfonamides is 1. The minimum Gasteiger partial charge on any atom is -0.212 e. The molecule has 0 unspecified atom stereocenters. The Morgan fingerprint density at radius 1 is 1.47 bits per heavy atom. The standard InChI is InChI=1S/C11H18ClNO2S2/c1-10(2)13(9-11-5-3-7-16-11)17(14,15)8-4-6-12/h3,5,7,10H,4,6,8-9H2,1-2H3. The summed E-state index contributed by atoms with van der Waals surface area (Å²) in [4.78, 5) is 1.06. The molecule has 0 aliphatic carbocycles. The summed E-state index contributed by atoms with van der Waals surface area (Å²) >= 11 is 7.13. The lowest BCUT2D eigenvalue weighted by Crippen LogP contribution is -2.37. The lowest BCUT2D eigenvalue weighted by atomic mass is 10.4. The Morgan fingerprint density at radius 3 is 2.65 bits per heavy atom. The van der Waals surface area contributed by atoms with E-state index in [9.17, 15) is 8.42 Å². The van der Waals surface area contributed by atoms with E-state index in [0.717, 1.165) is 4.88 Å². The molecular formula is C11H18ClNO2S2. The van der Waals surface area contributed by atoms with Gasteiger partial charge in [-0.1, -0.05) is 6.07 Å². The van der Waals surface area contributed by atoms with E-state index in [1.54, 1.807) is 15.6 Å². The number of nitrogens with zero attached hydrogens (tertiary/aromatic N) is 1. The van der Waals surface area contributed by atoms with Gasteiger partial charge in [-0.25, -0.2) is 8.42 Å². The topological polar surface area (TPSA) is 37.4 Å². The Bertz CT molecular complexity index is 415. The Labute approximate surface area is 112 Å². The summed E-state index contributed by atoms with van der Waals surface area (Å²) in [5, 5.41) is 1.96. The van der Waals surface area contributed by atoms with E-state index in [-0.39, 0.29) is 11.8 Å². The lowest BCUT2D eigenvalue weighted by molar-refractivity contribution is 0.350. The van der Waals surface area contributed by atoms with Gasteiger partial charge in [0.25, 0.3) is 0 Å². The number of alkyl halides is 1. The van der Waals surface area contributed by atoms with Crippen LogP contribution in [0, 0.1) is 0 Å². The van der Waals surface area contributed by atoms with Crippen molar-refractivity contribution < 1.29 is 8.42 Å². The van der Waals surface area contributed by atoms with Gasteiger partial charge in [-0.05, 0) is 31.7 Å². The molecule has 98 valence electrons. The molecule has 1 aromatic rings. The van der Waals surface area contributed by atoms with Crippen LogP contribution in [0.3, 0.4) is 0 Å². The molecule has 0 amide bonds. The molecule has 0 spiro atoms. The molecule has 0 N–H and O–H groups in total. The van der Waals surface area contributed by atoms with Gasteiger partial charge < -0.3 is 0 Å². The van der Waals surface area contributed by atoms with E-state index < -0.39 is 10.0 Å². The number of hydrogen-bond donors (Lipinski definition) is 0. The number of hydrogen-bond acceptors (Lipinski definition) is 3.